The van der Waals surface area contributed by atoms with E-state index in [0.29, 0.717) is 5.92 Å². The molecule has 0 radical (unpaired) electrons. The Balaban J connectivity index is 2.13. The van der Waals surface area contributed by atoms with Crippen molar-refractivity contribution in [3.05, 3.63) is 35.4 Å². The van der Waals surface area contributed by atoms with Crippen molar-refractivity contribution in [2.45, 2.75) is 64.5 Å². The largest absolute Gasteiger partial charge is 0.386 e. The number of hydrogen-bond donors (Lipinski definition) is 1. The summed E-state index contributed by atoms with van der Waals surface area (Å²) in [5, 5.41) is 10.8. The first-order chi connectivity index (χ1) is 9.43. The number of benzene rings is 1. The maximum atomic E-state index is 10.8. The van der Waals surface area contributed by atoms with E-state index in [1.165, 1.54) is 24.8 Å². The van der Waals surface area contributed by atoms with Gasteiger partial charge in [0.05, 0.1) is 6.10 Å². The van der Waals surface area contributed by atoms with Crippen molar-refractivity contribution in [1.82, 2.24) is 4.90 Å². The number of hydrogen-bond acceptors (Lipinski definition) is 2. The molecule has 0 bridgehead atoms. The van der Waals surface area contributed by atoms with Crippen LogP contribution in [0.15, 0.2) is 24.3 Å². The summed E-state index contributed by atoms with van der Waals surface area (Å²) in [6.45, 7) is 10.9. The van der Waals surface area contributed by atoms with Crippen molar-refractivity contribution in [2.75, 3.05) is 13.1 Å². The lowest BCUT2D eigenvalue weighted by Gasteiger charge is -2.44. The Hall–Kier alpha value is -0.860. The number of nitrogens with zero attached hydrogens (tertiary/aromatic N) is 1. The molecule has 2 heteroatoms. The minimum Gasteiger partial charge on any atom is -0.386 e. The SMILES string of the molecule is CC(C)c1ccc(C(O)C(C)(C)N2CCCCC2)cc1. The fourth-order valence-corrected chi connectivity index (χ4v) is 3.11. The van der Waals surface area contributed by atoms with E-state index in [4.69, 9.17) is 0 Å². The zero-order valence-corrected chi connectivity index (χ0v) is 13.4. The van der Waals surface area contributed by atoms with Crippen LogP contribution in [-0.2, 0) is 0 Å². The molecule has 0 aliphatic carbocycles. The van der Waals surface area contributed by atoms with Gasteiger partial charge in [0.1, 0.15) is 0 Å². The first-order valence-electron chi connectivity index (χ1n) is 7.96. The summed E-state index contributed by atoms with van der Waals surface area (Å²) in [5.74, 6) is 0.538. The maximum absolute atomic E-state index is 10.8. The number of piperidine rings is 1. The lowest BCUT2D eigenvalue weighted by molar-refractivity contribution is -0.0208. The Morgan fingerprint density at radius 2 is 1.45 bits per heavy atom. The number of rotatable bonds is 4. The molecule has 20 heavy (non-hydrogen) atoms. The molecule has 2 nitrogen and oxygen atoms in total. The molecule has 1 saturated heterocycles. The van der Waals surface area contributed by atoms with Crippen LogP contribution in [-0.4, -0.2) is 28.6 Å². The van der Waals surface area contributed by atoms with E-state index in [9.17, 15) is 5.11 Å². The van der Waals surface area contributed by atoms with Gasteiger partial charge in [0.2, 0.25) is 0 Å². The van der Waals surface area contributed by atoms with Crippen LogP contribution >= 0.6 is 0 Å². The third-order valence-corrected chi connectivity index (χ3v) is 4.76. The third-order valence-electron chi connectivity index (χ3n) is 4.76. The number of aliphatic hydroxyl groups is 1. The molecule has 2 rings (SSSR count). The highest BCUT2D eigenvalue weighted by Gasteiger charge is 2.35. The Morgan fingerprint density at radius 1 is 0.950 bits per heavy atom. The van der Waals surface area contributed by atoms with Crippen molar-refractivity contribution >= 4 is 0 Å². The van der Waals surface area contributed by atoms with Gasteiger partial charge in [-0.15, -0.1) is 0 Å². The molecule has 0 spiro atoms. The van der Waals surface area contributed by atoms with E-state index >= 15 is 0 Å². The third kappa shape index (κ3) is 3.24. The molecule has 1 aromatic carbocycles. The summed E-state index contributed by atoms with van der Waals surface area (Å²) >= 11 is 0. The zero-order chi connectivity index (χ0) is 14.8. The molecular formula is C18H29NO. The Kier molecular flexibility index (Phi) is 4.87. The molecule has 1 aliphatic rings. The fourth-order valence-electron chi connectivity index (χ4n) is 3.11. The molecule has 1 aliphatic heterocycles. The minimum atomic E-state index is -0.429. The molecule has 1 aromatic rings. The highest BCUT2D eigenvalue weighted by molar-refractivity contribution is 5.27. The van der Waals surface area contributed by atoms with Crippen molar-refractivity contribution in [2.24, 2.45) is 0 Å². The molecule has 1 N–H and O–H groups in total. The second kappa shape index (κ2) is 6.28. The van der Waals surface area contributed by atoms with Crippen molar-refractivity contribution in [3.63, 3.8) is 0 Å². The van der Waals surface area contributed by atoms with Gasteiger partial charge in [-0.3, -0.25) is 4.90 Å². The minimum absolute atomic E-state index is 0.195. The van der Waals surface area contributed by atoms with Crippen molar-refractivity contribution < 1.29 is 5.11 Å². The van der Waals surface area contributed by atoms with Gasteiger partial charge < -0.3 is 5.11 Å². The van der Waals surface area contributed by atoms with Crippen LogP contribution in [0, 0.1) is 0 Å². The summed E-state index contributed by atoms with van der Waals surface area (Å²) in [5.41, 5.74) is 2.17. The molecule has 1 heterocycles. The monoisotopic (exact) mass is 275 g/mol. The summed E-state index contributed by atoms with van der Waals surface area (Å²) < 4.78 is 0. The van der Waals surface area contributed by atoms with Crippen LogP contribution in [0.3, 0.4) is 0 Å². The lowest BCUT2D eigenvalue weighted by Crippen LogP contribution is -2.50. The van der Waals surface area contributed by atoms with Crippen LogP contribution < -0.4 is 0 Å². The molecular weight excluding hydrogens is 246 g/mol. The van der Waals surface area contributed by atoms with Crippen LogP contribution in [0.25, 0.3) is 0 Å². The lowest BCUT2D eigenvalue weighted by atomic mass is 9.87. The normalized spacial score (nSPS) is 19.3. The topological polar surface area (TPSA) is 23.5 Å². The van der Waals surface area contributed by atoms with Gasteiger partial charge >= 0.3 is 0 Å². The van der Waals surface area contributed by atoms with Gasteiger partial charge in [-0.25, -0.2) is 0 Å². The van der Waals surface area contributed by atoms with Gasteiger partial charge in [-0.05, 0) is 56.8 Å². The predicted molar refractivity (Wildman–Crippen MR) is 85.0 cm³/mol. The van der Waals surface area contributed by atoms with E-state index in [-0.39, 0.29) is 5.54 Å². The Morgan fingerprint density at radius 3 is 1.95 bits per heavy atom. The molecule has 1 atom stereocenters. The quantitative estimate of drug-likeness (QED) is 0.894. The number of likely N-dealkylation sites (tertiary alicyclic amines) is 1. The first kappa shape index (κ1) is 15.5. The Bertz CT molecular complexity index is 416. The van der Waals surface area contributed by atoms with Gasteiger partial charge in [0.15, 0.2) is 0 Å². The zero-order valence-electron chi connectivity index (χ0n) is 13.4. The second-order valence-electron chi connectivity index (χ2n) is 6.93. The first-order valence-corrected chi connectivity index (χ1v) is 7.96. The number of aliphatic hydroxyl groups excluding tert-OH is 1. The molecule has 0 saturated carbocycles. The van der Waals surface area contributed by atoms with Crippen LogP contribution in [0.4, 0.5) is 0 Å². The molecule has 0 amide bonds. The summed E-state index contributed by atoms with van der Waals surface area (Å²) in [6, 6.07) is 8.47. The maximum Gasteiger partial charge on any atom is 0.0968 e. The van der Waals surface area contributed by atoms with Gasteiger partial charge in [0.25, 0.3) is 0 Å². The smallest absolute Gasteiger partial charge is 0.0968 e. The standard InChI is InChI=1S/C18H29NO/c1-14(2)15-8-10-16(11-9-15)17(20)18(3,4)19-12-6-5-7-13-19/h8-11,14,17,20H,5-7,12-13H2,1-4H3. The van der Waals surface area contributed by atoms with Crippen molar-refractivity contribution in [1.29, 1.82) is 0 Å². The van der Waals surface area contributed by atoms with Gasteiger partial charge in [-0.1, -0.05) is 44.5 Å². The summed E-state index contributed by atoms with van der Waals surface area (Å²) in [4.78, 5) is 2.44. The molecule has 1 unspecified atom stereocenters. The average Bonchev–Trinajstić information content (AvgIpc) is 2.47. The highest BCUT2D eigenvalue weighted by Crippen LogP contribution is 2.33. The van der Waals surface area contributed by atoms with E-state index in [0.717, 1.165) is 18.7 Å². The highest BCUT2D eigenvalue weighted by atomic mass is 16.3. The molecule has 1 fully saturated rings. The van der Waals surface area contributed by atoms with Crippen LogP contribution in [0.5, 0.6) is 0 Å². The van der Waals surface area contributed by atoms with E-state index < -0.39 is 6.10 Å². The molecule has 0 aromatic heterocycles. The summed E-state index contributed by atoms with van der Waals surface area (Å²) in [7, 11) is 0. The van der Waals surface area contributed by atoms with Crippen molar-refractivity contribution in [3.8, 4) is 0 Å². The van der Waals surface area contributed by atoms with E-state index in [1.807, 2.05) is 0 Å². The summed E-state index contributed by atoms with van der Waals surface area (Å²) in [6.07, 6.45) is 3.40. The average molecular weight is 275 g/mol. The predicted octanol–water partition coefficient (Wildman–Crippen LogP) is 4.11. The van der Waals surface area contributed by atoms with E-state index in [1.54, 1.807) is 0 Å². The van der Waals surface area contributed by atoms with Gasteiger partial charge in [0, 0.05) is 5.54 Å². The Labute approximate surface area is 123 Å². The van der Waals surface area contributed by atoms with Crippen LogP contribution in [0.2, 0.25) is 0 Å². The second-order valence-corrected chi connectivity index (χ2v) is 6.93. The van der Waals surface area contributed by atoms with E-state index in [2.05, 4.69) is 56.9 Å². The van der Waals surface area contributed by atoms with Gasteiger partial charge in [-0.2, -0.15) is 0 Å². The fraction of sp³-hybridized carbons (Fsp3) is 0.667. The molecule has 112 valence electrons. The van der Waals surface area contributed by atoms with Crippen LogP contribution in [0.1, 0.15) is 70.1 Å².